The van der Waals surface area contributed by atoms with Crippen LogP contribution in [0.15, 0.2) is 109 Å². The van der Waals surface area contributed by atoms with Crippen LogP contribution in [0, 0.1) is 0 Å². The molecule has 0 aliphatic carbocycles. The molecular weight excluding hydrogens is 960 g/mol. The van der Waals surface area contributed by atoms with E-state index in [4.69, 9.17) is 9.05 Å². The number of aliphatic hydroxyl groups is 1. The molecule has 9 heteroatoms. The van der Waals surface area contributed by atoms with Crippen molar-refractivity contribution in [1.82, 2.24) is 5.32 Å². The lowest BCUT2D eigenvalue weighted by Crippen LogP contribution is -2.46. The maximum absolute atomic E-state index is 13.0. The number of nitrogens with one attached hydrogen (secondary N) is 1. The Labute approximate surface area is 470 Å². The quantitative estimate of drug-likeness (QED) is 0.0272. The Morgan fingerprint density at radius 3 is 1.17 bits per heavy atom. The molecule has 0 saturated heterocycles. The third kappa shape index (κ3) is 58.8. The fourth-order valence-electron chi connectivity index (χ4n) is 8.68. The summed E-state index contributed by atoms with van der Waals surface area (Å²) in [7, 11) is 1.29. The molecule has 0 spiro atoms. The second kappa shape index (κ2) is 56.9. The van der Waals surface area contributed by atoms with Gasteiger partial charge < -0.3 is 28.8 Å². The molecule has 0 aromatic heterocycles. The highest BCUT2D eigenvalue weighted by Crippen LogP contribution is 2.38. The van der Waals surface area contributed by atoms with E-state index in [9.17, 15) is 19.4 Å². The van der Waals surface area contributed by atoms with Crippen molar-refractivity contribution in [1.29, 1.82) is 0 Å². The summed E-state index contributed by atoms with van der Waals surface area (Å²) in [5.74, 6) is -0.174. The van der Waals surface area contributed by atoms with Crippen LogP contribution in [-0.2, 0) is 18.4 Å². The van der Waals surface area contributed by atoms with Gasteiger partial charge in [-0.1, -0.05) is 277 Å². The summed E-state index contributed by atoms with van der Waals surface area (Å²) in [5, 5.41) is 14.0. The molecule has 0 aromatic rings. The first-order chi connectivity index (χ1) is 37.0. The van der Waals surface area contributed by atoms with E-state index in [0.717, 1.165) is 103 Å². The summed E-state index contributed by atoms with van der Waals surface area (Å²) < 4.78 is 23.4. The van der Waals surface area contributed by atoms with E-state index in [-0.39, 0.29) is 19.1 Å². The average molecular weight is 1080 g/mol. The Morgan fingerprint density at radius 2 is 0.803 bits per heavy atom. The highest BCUT2D eigenvalue weighted by molar-refractivity contribution is 7.45. The molecule has 8 nitrogen and oxygen atoms in total. The number of hydrogen-bond acceptors (Lipinski definition) is 6. The standard InChI is InChI=1S/C67H119N2O6P/c1-6-8-10-12-14-16-18-20-22-24-25-26-27-28-29-30-31-32-33-34-35-36-37-38-39-40-41-42-43-45-47-49-51-53-55-57-59-61-67(71)68-65(64-75-76(72,73)74-63-62-69(3,4)5)66(70)60-58-56-54-52-50-48-46-44-23-21-19-17-15-13-11-9-7-2/h8,10,14,16,20,22,25-26,28-29,31-32,34-35,37-38,40-41,65-66,70H,6-7,9,11-13,15,17-19,21,23-24,27,30,33,36,39,42-64H2,1-5H3,(H-,68,71,72,73)/b10-8-,16-14-,22-20-,26-25-,29-28-,32-31-,35-34-,38-37-,41-40-. The van der Waals surface area contributed by atoms with Gasteiger partial charge in [-0.2, -0.15) is 0 Å². The molecule has 1 amide bonds. The first-order valence-electron chi connectivity index (χ1n) is 31.2. The lowest BCUT2D eigenvalue weighted by molar-refractivity contribution is -0.870. The molecule has 0 bridgehead atoms. The Morgan fingerprint density at radius 1 is 0.474 bits per heavy atom. The van der Waals surface area contributed by atoms with Gasteiger partial charge in [0.05, 0.1) is 39.9 Å². The molecule has 0 saturated carbocycles. The van der Waals surface area contributed by atoms with Gasteiger partial charge in [0.15, 0.2) is 0 Å². The van der Waals surface area contributed by atoms with E-state index in [1.165, 1.54) is 128 Å². The number of aliphatic hydroxyl groups excluding tert-OH is 1. The number of phosphoric acid groups is 1. The smallest absolute Gasteiger partial charge is 0.268 e. The molecule has 3 atom stereocenters. The number of rotatable bonds is 56. The Hall–Kier alpha value is -2.84. The molecule has 0 radical (unpaired) electrons. The van der Waals surface area contributed by atoms with Gasteiger partial charge in [0, 0.05) is 6.42 Å². The van der Waals surface area contributed by atoms with Gasteiger partial charge in [-0.05, 0) is 83.5 Å². The monoisotopic (exact) mass is 1080 g/mol. The third-order valence-electron chi connectivity index (χ3n) is 13.5. The maximum atomic E-state index is 13.0. The van der Waals surface area contributed by atoms with Gasteiger partial charge in [-0.25, -0.2) is 0 Å². The van der Waals surface area contributed by atoms with Crippen molar-refractivity contribution in [3.05, 3.63) is 109 Å². The molecular formula is C67H119N2O6P. The fourth-order valence-corrected chi connectivity index (χ4v) is 9.40. The van der Waals surface area contributed by atoms with Crippen LogP contribution in [0.2, 0.25) is 0 Å². The Balaban J connectivity index is 4.12. The number of unbranched alkanes of at least 4 members (excludes halogenated alkanes) is 25. The van der Waals surface area contributed by atoms with Gasteiger partial charge in [0.25, 0.3) is 7.82 Å². The molecule has 0 rings (SSSR count). The summed E-state index contributed by atoms with van der Waals surface area (Å²) >= 11 is 0. The molecule has 0 heterocycles. The molecule has 3 unspecified atom stereocenters. The van der Waals surface area contributed by atoms with E-state index >= 15 is 0 Å². The van der Waals surface area contributed by atoms with E-state index in [2.05, 4.69) is 129 Å². The molecule has 0 aliphatic heterocycles. The summed E-state index contributed by atoms with van der Waals surface area (Å²) in [4.78, 5) is 25.6. The minimum absolute atomic E-state index is 0.00647. The van der Waals surface area contributed by atoms with Crippen LogP contribution in [0.5, 0.6) is 0 Å². The van der Waals surface area contributed by atoms with Crippen molar-refractivity contribution in [2.24, 2.45) is 0 Å². The number of nitrogens with zero attached hydrogens (tertiary/aromatic N) is 1. The van der Waals surface area contributed by atoms with Crippen molar-refractivity contribution in [2.75, 3.05) is 40.9 Å². The molecule has 0 aliphatic rings. The zero-order valence-corrected chi connectivity index (χ0v) is 50.8. The zero-order chi connectivity index (χ0) is 55.6. The second-order valence-corrected chi connectivity index (χ2v) is 23.4. The summed E-state index contributed by atoms with van der Waals surface area (Å²) in [5.41, 5.74) is 0. The number of carbonyl (C=O) groups is 1. The summed E-state index contributed by atoms with van der Waals surface area (Å²) in [6.45, 7) is 4.61. The van der Waals surface area contributed by atoms with Crippen LogP contribution in [0.1, 0.15) is 258 Å². The predicted octanol–water partition coefficient (Wildman–Crippen LogP) is 18.9. The minimum Gasteiger partial charge on any atom is -0.756 e. The number of allylic oxidation sites excluding steroid dienone is 18. The van der Waals surface area contributed by atoms with E-state index < -0.39 is 20.0 Å². The first-order valence-corrected chi connectivity index (χ1v) is 32.7. The van der Waals surface area contributed by atoms with Crippen LogP contribution >= 0.6 is 7.82 Å². The van der Waals surface area contributed by atoms with E-state index in [0.29, 0.717) is 23.9 Å². The fraction of sp³-hybridized carbons (Fsp3) is 0.716. The summed E-state index contributed by atoms with van der Waals surface area (Å²) in [6.07, 6.45) is 82.7. The first kappa shape index (κ1) is 73.2. The van der Waals surface area contributed by atoms with Crippen LogP contribution in [0.4, 0.5) is 0 Å². The molecule has 2 N–H and O–H groups in total. The molecule has 0 aromatic carbocycles. The van der Waals surface area contributed by atoms with E-state index in [1.807, 2.05) is 21.1 Å². The predicted molar refractivity (Wildman–Crippen MR) is 329 cm³/mol. The second-order valence-electron chi connectivity index (χ2n) is 22.0. The van der Waals surface area contributed by atoms with Gasteiger partial charge in [-0.3, -0.25) is 9.36 Å². The molecule has 76 heavy (non-hydrogen) atoms. The number of quaternary nitrogens is 1. The normalized spacial score (nSPS) is 14.6. The Kier molecular flexibility index (Phi) is 54.7. The van der Waals surface area contributed by atoms with Gasteiger partial charge >= 0.3 is 0 Å². The van der Waals surface area contributed by atoms with Crippen molar-refractivity contribution in [3.8, 4) is 0 Å². The maximum Gasteiger partial charge on any atom is 0.268 e. The lowest BCUT2D eigenvalue weighted by atomic mass is 10.0. The van der Waals surface area contributed by atoms with Crippen LogP contribution in [0.25, 0.3) is 0 Å². The van der Waals surface area contributed by atoms with Gasteiger partial charge in [0.1, 0.15) is 13.2 Å². The number of phosphoric ester groups is 1. The largest absolute Gasteiger partial charge is 0.756 e. The van der Waals surface area contributed by atoms with Crippen molar-refractivity contribution in [2.45, 2.75) is 270 Å². The number of likely N-dealkylation sites (N-methyl/N-ethyl adjacent to an activating group) is 1. The van der Waals surface area contributed by atoms with Gasteiger partial charge in [-0.15, -0.1) is 0 Å². The van der Waals surface area contributed by atoms with Crippen LogP contribution in [0.3, 0.4) is 0 Å². The lowest BCUT2D eigenvalue weighted by Gasteiger charge is -2.30. The SMILES string of the molecule is CC/C=C\C/C=C\C/C=C\C/C=C\C/C=C\C/C=C\C/C=C\C/C=C\C/C=C\CCCCCCCCCCCC(=O)NC(COP(=O)([O-])OCC[N+](C)(C)C)C(O)CCCCCCCCCCCCCCCCCCC. The van der Waals surface area contributed by atoms with E-state index in [1.54, 1.807) is 0 Å². The minimum atomic E-state index is -4.58. The van der Waals surface area contributed by atoms with Crippen molar-refractivity contribution >= 4 is 13.7 Å². The number of hydrogen-bond donors (Lipinski definition) is 2. The number of amides is 1. The van der Waals surface area contributed by atoms with Crippen LogP contribution in [-0.4, -0.2) is 68.5 Å². The average Bonchev–Trinajstić information content (AvgIpc) is 3.38. The zero-order valence-electron chi connectivity index (χ0n) is 49.9. The van der Waals surface area contributed by atoms with Gasteiger partial charge in [0.2, 0.25) is 5.91 Å². The third-order valence-corrected chi connectivity index (χ3v) is 14.5. The Bertz CT molecular complexity index is 1600. The topological polar surface area (TPSA) is 108 Å². The van der Waals surface area contributed by atoms with Crippen molar-refractivity contribution in [3.63, 3.8) is 0 Å². The summed E-state index contributed by atoms with van der Waals surface area (Å²) in [6, 6.07) is -0.811. The number of carbonyl (C=O) groups excluding carboxylic acids is 1. The molecule has 0 fully saturated rings. The molecule has 438 valence electrons. The highest BCUT2D eigenvalue weighted by atomic mass is 31.2. The van der Waals surface area contributed by atoms with Crippen molar-refractivity contribution < 1.29 is 32.9 Å². The van der Waals surface area contributed by atoms with Crippen LogP contribution < -0.4 is 10.2 Å². The highest BCUT2D eigenvalue weighted by Gasteiger charge is 2.24.